The highest BCUT2D eigenvalue weighted by atomic mass is 32.1. The molecule has 5 nitrogen and oxygen atoms in total. The highest BCUT2D eigenvalue weighted by Gasteiger charge is 2.34. The Hall–Kier alpha value is -2.99. The summed E-state index contributed by atoms with van der Waals surface area (Å²) >= 11 is 5.25. The van der Waals surface area contributed by atoms with Gasteiger partial charge in [0.05, 0.1) is 5.69 Å². The zero-order chi connectivity index (χ0) is 21.0. The number of aryl methyl sites for hydroxylation is 1. The molecule has 1 fully saturated rings. The molecule has 0 saturated carbocycles. The Kier molecular flexibility index (Phi) is 6.44. The third kappa shape index (κ3) is 4.38. The monoisotopic (exact) mass is 407 g/mol. The topological polar surface area (TPSA) is 52.7 Å². The smallest absolute Gasteiger partial charge is 0.270 e. The van der Waals surface area contributed by atoms with Gasteiger partial charge < -0.3 is 4.90 Å². The van der Waals surface area contributed by atoms with Gasteiger partial charge in [-0.1, -0.05) is 31.2 Å². The van der Waals surface area contributed by atoms with Crippen molar-refractivity contribution in [1.82, 2.24) is 5.32 Å². The average Bonchev–Trinajstić information content (AvgIpc) is 2.73. The molecule has 0 spiro atoms. The van der Waals surface area contributed by atoms with Crippen LogP contribution in [0.15, 0.2) is 54.1 Å². The maximum Gasteiger partial charge on any atom is 0.270 e. The summed E-state index contributed by atoms with van der Waals surface area (Å²) in [4.78, 5) is 29.1. The predicted octanol–water partition coefficient (Wildman–Crippen LogP) is 3.93. The zero-order valence-corrected chi connectivity index (χ0v) is 17.8. The van der Waals surface area contributed by atoms with E-state index < -0.39 is 11.8 Å². The summed E-state index contributed by atoms with van der Waals surface area (Å²) in [5.41, 5.74) is 3.76. The first-order valence-electron chi connectivity index (χ1n) is 9.83. The molecule has 0 aromatic heterocycles. The van der Waals surface area contributed by atoms with Crippen LogP contribution in [-0.2, 0) is 16.0 Å². The second-order valence-electron chi connectivity index (χ2n) is 6.74. The molecule has 2 aromatic carbocycles. The van der Waals surface area contributed by atoms with Gasteiger partial charge in [-0.3, -0.25) is 19.8 Å². The van der Waals surface area contributed by atoms with Gasteiger partial charge >= 0.3 is 0 Å². The average molecular weight is 408 g/mol. The van der Waals surface area contributed by atoms with Gasteiger partial charge in [-0.05, 0) is 74.0 Å². The predicted molar refractivity (Wildman–Crippen MR) is 122 cm³/mol. The molecule has 1 N–H and O–H groups in total. The maximum absolute atomic E-state index is 13.1. The molecule has 0 unspecified atom stereocenters. The molecule has 1 heterocycles. The standard InChI is InChI=1S/C23H25N3O2S/c1-4-16-7-13-19(14-8-16)26-22(28)20(21(27)24-23(26)29)15-17-9-11-18(12-10-17)25(5-2)6-3/h7-15H,4-6H2,1-3H3,(H,24,27,29). The van der Waals surface area contributed by atoms with Crippen molar-refractivity contribution in [2.45, 2.75) is 27.2 Å². The van der Waals surface area contributed by atoms with Gasteiger partial charge in [-0.25, -0.2) is 0 Å². The van der Waals surface area contributed by atoms with Crippen LogP contribution in [0, 0.1) is 0 Å². The first-order valence-corrected chi connectivity index (χ1v) is 10.2. The quantitative estimate of drug-likeness (QED) is 0.448. The Labute approximate surface area is 177 Å². The van der Waals surface area contributed by atoms with Crippen molar-refractivity contribution in [3.05, 3.63) is 65.2 Å². The third-order valence-electron chi connectivity index (χ3n) is 5.04. The van der Waals surface area contributed by atoms with E-state index in [9.17, 15) is 9.59 Å². The van der Waals surface area contributed by atoms with E-state index in [0.717, 1.165) is 36.3 Å². The molecule has 1 aliphatic rings. The molecule has 1 saturated heterocycles. The Bertz CT molecular complexity index is 945. The van der Waals surface area contributed by atoms with Crippen molar-refractivity contribution in [2.75, 3.05) is 22.9 Å². The number of hydrogen-bond acceptors (Lipinski definition) is 4. The molecule has 0 bridgehead atoms. The van der Waals surface area contributed by atoms with Crippen LogP contribution < -0.4 is 15.1 Å². The number of carbonyl (C=O) groups excluding carboxylic acids is 2. The Morgan fingerprint density at radius 1 is 0.966 bits per heavy atom. The van der Waals surface area contributed by atoms with E-state index in [4.69, 9.17) is 12.2 Å². The molecular weight excluding hydrogens is 382 g/mol. The number of benzene rings is 2. The van der Waals surface area contributed by atoms with E-state index in [2.05, 4.69) is 31.0 Å². The highest BCUT2D eigenvalue weighted by molar-refractivity contribution is 7.80. The summed E-state index contributed by atoms with van der Waals surface area (Å²) in [6.45, 7) is 8.12. The summed E-state index contributed by atoms with van der Waals surface area (Å²) < 4.78 is 0. The minimum absolute atomic E-state index is 0.0637. The number of hydrogen-bond donors (Lipinski definition) is 1. The molecule has 2 amide bonds. The van der Waals surface area contributed by atoms with Crippen LogP contribution in [0.5, 0.6) is 0 Å². The number of anilines is 2. The van der Waals surface area contributed by atoms with Crippen LogP contribution in [0.4, 0.5) is 11.4 Å². The van der Waals surface area contributed by atoms with E-state index in [1.165, 1.54) is 4.90 Å². The lowest BCUT2D eigenvalue weighted by Crippen LogP contribution is -2.54. The summed E-state index contributed by atoms with van der Waals surface area (Å²) in [7, 11) is 0. The van der Waals surface area contributed by atoms with Crippen LogP contribution in [0.25, 0.3) is 6.08 Å². The first kappa shape index (κ1) is 20.7. The lowest BCUT2D eigenvalue weighted by Gasteiger charge is -2.29. The molecule has 0 atom stereocenters. The van der Waals surface area contributed by atoms with Gasteiger partial charge in [0.25, 0.3) is 11.8 Å². The molecule has 0 radical (unpaired) electrons. The van der Waals surface area contributed by atoms with E-state index in [-0.39, 0.29) is 10.7 Å². The maximum atomic E-state index is 13.1. The molecule has 6 heteroatoms. The minimum atomic E-state index is -0.478. The van der Waals surface area contributed by atoms with Gasteiger partial charge in [-0.15, -0.1) is 0 Å². The number of nitrogens with zero attached hydrogens (tertiary/aromatic N) is 2. The highest BCUT2D eigenvalue weighted by Crippen LogP contribution is 2.23. The Morgan fingerprint density at radius 3 is 2.14 bits per heavy atom. The van der Waals surface area contributed by atoms with Crippen LogP contribution in [0.1, 0.15) is 31.9 Å². The molecule has 0 aliphatic carbocycles. The summed E-state index contributed by atoms with van der Waals surface area (Å²) in [5.74, 6) is -0.898. The second-order valence-corrected chi connectivity index (χ2v) is 7.13. The Balaban J connectivity index is 1.90. The Morgan fingerprint density at radius 2 is 1.59 bits per heavy atom. The van der Waals surface area contributed by atoms with Crippen molar-refractivity contribution < 1.29 is 9.59 Å². The fourth-order valence-electron chi connectivity index (χ4n) is 3.31. The number of amides is 2. The van der Waals surface area contributed by atoms with Crippen LogP contribution in [0.2, 0.25) is 0 Å². The van der Waals surface area contributed by atoms with Crippen LogP contribution in [0.3, 0.4) is 0 Å². The van der Waals surface area contributed by atoms with Gasteiger partial charge in [0, 0.05) is 18.8 Å². The largest absolute Gasteiger partial charge is 0.372 e. The van der Waals surface area contributed by atoms with Gasteiger partial charge in [0.1, 0.15) is 5.57 Å². The molecule has 3 rings (SSSR count). The number of nitrogens with one attached hydrogen (secondary N) is 1. The lowest BCUT2D eigenvalue weighted by molar-refractivity contribution is -0.122. The van der Waals surface area contributed by atoms with Crippen LogP contribution in [-0.4, -0.2) is 30.0 Å². The number of rotatable bonds is 6. The summed E-state index contributed by atoms with van der Waals surface area (Å²) in [6, 6.07) is 15.4. The van der Waals surface area contributed by atoms with E-state index in [1.807, 2.05) is 48.5 Å². The summed E-state index contributed by atoms with van der Waals surface area (Å²) in [6.07, 6.45) is 2.52. The number of thiocarbonyl (C=S) groups is 1. The normalized spacial score (nSPS) is 15.6. The lowest BCUT2D eigenvalue weighted by atomic mass is 10.1. The van der Waals surface area contributed by atoms with Gasteiger partial charge in [0.15, 0.2) is 5.11 Å². The van der Waals surface area contributed by atoms with Crippen molar-refractivity contribution in [3.63, 3.8) is 0 Å². The second kappa shape index (κ2) is 9.01. The van der Waals surface area contributed by atoms with Crippen LogP contribution >= 0.6 is 12.2 Å². The molecule has 29 heavy (non-hydrogen) atoms. The molecular formula is C23H25N3O2S. The number of carbonyl (C=O) groups is 2. The summed E-state index contributed by atoms with van der Waals surface area (Å²) in [5, 5.41) is 2.72. The van der Waals surface area contributed by atoms with E-state index >= 15 is 0 Å². The van der Waals surface area contributed by atoms with Crippen molar-refractivity contribution in [3.8, 4) is 0 Å². The first-order chi connectivity index (χ1) is 14.0. The van der Waals surface area contributed by atoms with Crippen molar-refractivity contribution in [1.29, 1.82) is 0 Å². The SMILES string of the molecule is CCc1ccc(N2C(=O)C(=Cc3ccc(N(CC)CC)cc3)C(=O)NC2=S)cc1. The minimum Gasteiger partial charge on any atom is -0.372 e. The van der Waals surface area contributed by atoms with E-state index in [1.54, 1.807) is 6.08 Å². The van der Waals surface area contributed by atoms with Gasteiger partial charge in [-0.2, -0.15) is 0 Å². The van der Waals surface area contributed by atoms with Crippen molar-refractivity contribution in [2.24, 2.45) is 0 Å². The zero-order valence-electron chi connectivity index (χ0n) is 16.9. The molecule has 1 aliphatic heterocycles. The van der Waals surface area contributed by atoms with Crippen molar-refractivity contribution >= 4 is 46.6 Å². The fourth-order valence-corrected chi connectivity index (χ4v) is 3.59. The molecule has 150 valence electrons. The third-order valence-corrected chi connectivity index (χ3v) is 5.32. The van der Waals surface area contributed by atoms with Gasteiger partial charge in [0.2, 0.25) is 0 Å². The fraction of sp³-hybridized carbons (Fsp3) is 0.261. The van der Waals surface area contributed by atoms with E-state index in [0.29, 0.717) is 5.69 Å². The molecule has 2 aromatic rings.